The van der Waals surface area contributed by atoms with Crippen molar-refractivity contribution in [1.29, 1.82) is 0 Å². The summed E-state index contributed by atoms with van der Waals surface area (Å²) in [5.74, 6) is 0. The number of ether oxygens (including phenoxy) is 2. The van der Waals surface area contributed by atoms with Gasteiger partial charge in [-0.3, -0.25) is 4.57 Å². The summed E-state index contributed by atoms with van der Waals surface area (Å²) < 4.78 is 14.5. The highest BCUT2D eigenvalue weighted by atomic mass is 127. The minimum absolute atomic E-state index is 0.234. The van der Waals surface area contributed by atoms with Crippen molar-refractivity contribution in [3.05, 3.63) is 14.8 Å². The average Bonchev–Trinajstić information content (AvgIpc) is 3.08. The molecule has 2 heterocycles. The van der Waals surface area contributed by atoms with Gasteiger partial charge in [0.1, 0.15) is 22.1 Å². The molecule has 0 radical (unpaired) electrons. The number of aliphatic hydroxyl groups is 1. The third kappa shape index (κ3) is 4.89. The first-order valence-corrected chi connectivity index (χ1v) is 14.1. The Morgan fingerprint density at radius 1 is 1.35 bits per heavy atom. The fourth-order valence-corrected chi connectivity index (χ4v) is 4.19. The second-order valence-corrected chi connectivity index (χ2v) is 15.0. The van der Waals surface area contributed by atoms with Crippen molar-refractivity contribution < 1.29 is 14.6 Å². The monoisotopic (exact) mass is 509 g/mol. The maximum absolute atomic E-state index is 10.1. The van der Waals surface area contributed by atoms with Crippen LogP contribution in [-0.2, 0) is 11.5 Å². The summed E-state index contributed by atoms with van der Waals surface area (Å²) in [6, 6.07) is 3.32. The van der Waals surface area contributed by atoms with E-state index in [1.54, 1.807) is 6.07 Å². The molecule has 144 valence electrons. The lowest BCUT2D eigenvalue weighted by Crippen LogP contribution is -2.27. The minimum atomic E-state index is -1.15. The number of aromatic nitrogens is 3. The number of halogens is 2. The van der Waals surface area contributed by atoms with Crippen molar-refractivity contribution in [2.24, 2.45) is 0 Å². The summed E-state index contributed by atoms with van der Waals surface area (Å²) >= 11 is 8.30. The Hall–Kier alpha value is -0.423. The normalized spacial score (nSPS) is 20.8. The Bertz CT molecular complexity index is 781. The highest BCUT2D eigenvalue weighted by molar-refractivity contribution is 14.1. The molecule has 0 spiro atoms. The molecule has 26 heavy (non-hydrogen) atoms. The molecule has 2 atom stereocenters. The number of hydrogen-bond acceptors (Lipinski definition) is 5. The summed E-state index contributed by atoms with van der Waals surface area (Å²) in [5.41, 5.74) is 1.36. The standard InChI is InChI=1S/C17H25ClIN3O3Si/c1-26(2,3)8-7-24-10-22-16-12(9-11(18)15(19)21-16)20-17(22)25-14-6-4-5-13(14)23/h9,13-14,23H,4-8,10H2,1-3H3/t13-,14+/m1/s1. The Morgan fingerprint density at radius 2 is 2.12 bits per heavy atom. The second-order valence-electron chi connectivity index (χ2n) is 7.93. The highest BCUT2D eigenvalue weighted by Crippen LogP contribution is 2.29. The fourth-order valence-electron chi connectivity index (χ4n) is 2.90. The van der Waals surface area contributed by atoms with E-state index in [-0.39, 0.29) is 6.10 Å². The molecular formula is C17H25ClIN3O3Si. The number of rotatable bonds is 7. The first kappa shape index (κ1) is 20.3. The first-order chi connectivity index (χ1) is 12.2. The quantitative estimate of drug-likeness (QED) is 0.261. The van der Waals surface area contributed by atoms with Crippen molar-refractivity contribution in [3.8, 4) is 6.01 Å². The van der Waals surface area contributed by atoms with Crippen molar-refractivity contribution in [1.82, 2.24) is 14.5 Å². The van der Waals surface area contributed by atoms with Crippen molar-refractivity contribution in [3.63, 3.8) is 0 Å². The maximum atomic E-state index is 10.1. The Balaban J connectivity index is 1.84. The predicted molar refractivity (Wildman–Crippen MR) is 114 cm³/mol. The van der Waals surface area contributed by atoms with Crippen LogP contribution >= 0.6 is 34.2 Å². The SMILES string of the molecule is C[Si](C)(C)CCOCn1c(O[C@H]2CCC[C@H]2O)nc2cc(Cl)c(I)nc21. The van der Waals surface area contributed by atoms with Crippen LogP contribution in [0.5, 0.6) is 6.01 Å². The molecule has 1 fully saturated rings. The molecule has 1 N–H and O–H groups in total. The summed E-state index contributed by atoms with van der Waals surface area (Å²) in [4.78, 5) is 9.11. The molecule has 6 nitrogen and oxygen atoms in total. The van der Waals surface area contributed by atoms with Crippen LogP contribution in [0.1, 0.15) is 19.3 Å². The fraction of sp³-hybridized carbons (Fsp3) is 0.647. The number of imidazole rings is 1. The second kappa shape index (κ2) is 8.30. The zero-order valence-corrected chi connectivity index (χ0v) is 19.2. The van der Waals surface area contributed by atoms with Gasteiger partial charge in [-0.05, 0) is 54.0 Å². The predicted octanol–water partition coefficient (Wildman–Crippen LogP) is 4.29. The zero-order valence-electron chi connectivity index (χ0n) is 15.3. The molecule has 0 aromatic carbocycles. The van der Waals surface area contributed by atoms with Crippen LogP contribution in [0.25, 0.3) is 11.2 Å². The molecule has 2 aromatic heterocycles. The van der Waals surface area contributed by atoms with Crippen molar-refractivity contribution >= 4 is 53.4 Å². The van der Waals surface area contributed by atoms with Gasteiger partial charge in [-0.15, -0.1) is 0 Å². The largest absolute Gasteiger partial charge is 0.458 e. The van der Waals surface area contributed by atoms with E-state index in [4.69, 9.17) is 21.1 Å². The van der Waals surface area contributed by atoms with Crippen LogP contribution in [-0.4, -0.2) is 46.5 Å². The smallest absolute Gasteiger partial charge is 0.300 e. The molecule has 0 amide bonds. The molecule has 1 aliphatic carbocycles. The van der Waals surface area contributed by atoms with E-state index in [9.17, 15) is 5.11 Å². The van der Waals surface area contributed by atoms with E-state index in [1.165, 1.54) is 0 Å². The highest BCUT2D eigenvalue weighted by Gasteiger charge is 2.29. The number of nitrogens with zero attached hydrogens (tertiary/aromatic N) is 3. The lowest BCUT2D eigenvalue weighted by atomic mass is 10.3. The zero-order chi connectivity index (χ0) is 18.9. The van der Waals surface area contributed by atoms with Gasteiger partial charge in [0.2, 0.25) is 0 Å². The summed E-state index contributed by atoms with van der Waals surface area (Å²) in [7, 11) is -1.15. The summed E-state index contributed by atoms with van der Waals surface area (Å²) in [6.07, 6.45) is 1.86. The van der Waals surface area contributed by atoms with Gasteiger partial charge in [-0.2, -0.15) is 4.98 Å². The van der Waals surface area contributed by atoms with Gasteiger partial charge in [0.15, 0.2) is 5.65 Å². The molecule has 1 aliphatic rings. The molecule has 0 saturated heterocycles. The topological polar surface area (TPSA) is 69.4 Å². The van der Waals surface area contributed by atoms with Gasteiger partial charge < -0.3 is 14.6 Å². The number of fused-ring (bicyclic) bond motifs is 1. The van der Waals surface area contributed by atoms with Gasteiger partial charge in [-0.1, -0.05) is 31.2 Å². The Morgan fingerprint density at radius 3 is 2.77 bits per heavy atom. The van der Waals surface area contributed by atoms with Gasteiger partial charge in [0.05, 0.1) is 11.1 Å². The van der Waals surface area contributed by atoms with Crippen LogP contribution in [0.15, 0.2) is 6.07 Å². The van der Waals surface area contributed by atoms with Crippen LogP contribution in [0.2, 0.25) is 30.7 Å². The maximum Gasteiger partial charge on any atom is 0.300 e. The van der Waals surface area contributed by atoms with E-state index in [0.29, 0.717) is 39.2 Å². The molecule has 9 heteroatoms. The van der Waals surface area contributed by atoms with E-state index in [0.717, 1.165) is 25.3 Å². The van der Waals surface area contributed by atoms with E-state index in [2.05, 4.69) is 52.2 Å². The molecule has 0 aliphatic heterocycles. The van der Waals surface area contributed by atoms with Gasteiger partial charge in [0.25, 0.3) is 0 Å². The van der Waals surface area contributed by atoms with Crippen molar-refractivity contribution in [2.75, 3.05) is 6.61 Å². The molecular weight excluding hydrogens is 485 g/mol. The van der Waals surface area contributed by atoms with E-state index in [1.807, 2.05) is 4.57 Å². The lowest BCUT2D eigenvalue weighted by Gasteiger charge is -2.18. The lowest BCUT2D eigenvalue weighted by molar-refractivity contribution is 0.0382. The average molecular weight is 510 g/mol. The van der Waals surface area contributed by atoms with Gasteiger partial charge in [-0.25, -0.2) is 4.98 Å². The van der Waals surface area contributed by atoms with Crippen LogP contribution in [0.4, 0.5) is 0 Å². The van der Waals surface area contributed by atoms with E-state index < -0.39 is 14.2 Å². The van der Waals surface area contributed by atoms with Crippen molar-refractivity contribution in [2.45, 2.75) is 63.9 Å². The van der Waals surface area contributed by atoms with Crippen LogP contribution < -0.4 is 4.74 Å². The molecule has 3 rings (SSSR count). The third-order valence-corrected chi connectivity index (χ3v) is 7.62. The Kier molecular flexibility index (Phi) is 6.48. The summed E-state index contributed by atoms with van der Waals surface area (Å²) in [5, 5.41) is 10.6. The molecule has 0 bridgehead atoms. The minimum Gasteiger partial charge on any atom is -0.458 e. The van der Waals surface area contributed by atoms with Crippen LogP contribution in [0, 0.1) is 3.70 Å². The van der Waals surface area contributed by atoms with Crippen LogP contribution in [0.3, 0.4) is 0 Å². The van der Waals surface area contributed by atoms with E-state index >= 15 is 0 Å². The number of aliphatic hydroxyl groups excluding tert-OH is 1. The number of pyridine rings is 1. The first-order valence-electron chi connectivity index (χ1n) is 8.89. The van der Waals surface area contributed by atoms with Gasteiger partial charge in [0, 0.05) is 14.7 Å². The van der Waals surface area contributed by atoms with Gasteiger partial charge >= 0.3 is 6.01 Å². The molecule has 1 saturated carbocycles. The molecule has 2 aromatic rings. The third-order valence-electron chi connectivity index (χ3n) is 4.49. The Labute approximate surface area is 173 Å². The number of hydrogen-bond donors (Lipinski definition) is 1. The summed E-state index contributed by atoms with van der Waals surface area (Å²) in [6.45, 7) is 8.00. The molecule has 0 unspecified atom stereocenters.